The van der Waals surface area contributed by atoms with Crippen molar-refractivity contribution in [3.8, 4) is 5.75 Å². The first-order valence-electron chi connectivity index (χ1n) is 7.99. The van der Waals surface area contributed by atoms with E-state index in [1.807, 2.05) is 73.8 Å². The van der Waals surface area contributed by atoms with Crippen LogP contribution in [-0.2, 0) is 6.61 Å². The fourth-order valence-electron chi connectivity index (χ4n) is 2.46. The second-order valence-corrected chi connectivity index (χ2v) is 7.98. The lowest BCUT2D eigenvalue weighted by Gasteiger charge is -2.12. The Labute approximate surface area is 175 Å². The molecule has 3 rings (SSSR count). The highest BCUT2D eigenvalue weighted by Crippen LogP contribution is 2.33. The minimum atomic E-state index is 0.423. The number of ether oxygens (including phenoxy) is 1. The number of hydrogen-bond donors (Lipinski definition) is 0. The average Bonchev–Trinajstić information content (AvgIpc) is 2.60. The van der Waals surface area contributed by atoms with Crippen LogP contribution in [0.5, 0.6) is 5.75 Å². The number of hydrogen-bond acceptors (Lipinski definition) is 2. The van der Waals surface area contributed by atoms with Gasteiger partial charge in [-0.15, -0.1) is 0 Å². The quantitative estimate of drug-likeness (QED) is 0.337. The Kier molecular flexibility index (Phi) is 6.52. The first-order chi connectivity index (χ1) is 12.5. The van der Waals surface area contributed by atoms with Gasteiger partial charge in [-0.05, 0) is 64.3 Å². The van der Waals surface area contributed by atoms with Gasteiger partial charge >= 0.3 is 0 Å². The van der Waals surface area contributed by atoms with E-state index in [9.17, 15) is 0 Å². The van der Waals surface area contributed by atoms with Crippen LogP contribution in [0.15, 0.2) is 74.6 Å². The molecule has 132 valence electrons. The lowest BCUT2D eigenvalue weighted by Crippen LogP contribution is -1.99. The van der Waals surface area contributed by atoms with Crippen molar-refractivity contribution in [3.05, 3.63) is 91.3 Å². The zero-order valence-corrected chi connectivity index (χ0v) is 18.0. The van der Waals surface area contributed by atoms with Crippen LogP contribution in [0.4, 0.5) is 5.69 Å². The number of para-hydroxylation sites is 1. The molecule has 26 heavy (non-hydrogen) atoms. The van der Waals surface area contributed by atoms with Crippen molar-refractivity contribution in [1.29, 1.82) is 0 Å². The fraction of sp³-hybridized carbons (Fsp3) is 0.0952. The number of nitrogens with zero attached hydrogens (tertiary/aromatic N) is 1. The zero-order chi connectivity index (χ0) is 18.5. The molecule has 0 aliphatic heterocycles. The van der Waals surface area contributed by atoms with Crippen molar-refractivity contribution in [2.24, 2.45) is 4.99 Å². The van der Waals surface area contributed by atoms with Gasteiger partial charge in [-0.1, -0.05) is 57.9 Å². The maximum atomic E-state index is 6.07. The van der Waals surface area contributed by atoms with Crippen molar-refractivity contribution >= 4 is 55.4 Å². The van der Waals surface area contributed by atoms with Crippen LogP contribution in [0.2, 0.25) is 5.02 Å². The van der Waals surface area contributed by atoms with Crippen LogP contribution < -0.4 is 4.74 Å². The lowest BCUT2D eigenvalue weighted by molar-refractivity contribution is 0.304. The molecule has 0 saturated heterocycles. The van der Waals surface area contributed by atoms with Crippen molar-refractivity contribution < 1.29 is 4.74 Å². The average molecular weight is 494 g/mol. The van der Waals surface area contributed by atoms with E-state index in [1.54, 1.807) is 0 Å². The van der Waals surface area contributed by atoms with Crippen LogP contribution in [-0.4, -0.2) is 6.21 Å². The van der Waals surface area contributed by atoms with Crippen LogP contribution >= 0.6 is 43.5 Å². The van der Waals surface area contributed by atoms with Gasteiger partial charge in [0.15, 0.2) is 0 Å². The highest BCUT2D eigenvalue weighted by atomic mass is 79.9. The van der Waals surface area contributed by atoms with Crippen molar-refractivity contribution in [2.45, 2.75) is 13.5 Å². The molecule has 0 fully saturated rings. The molecule has 0 aliphatic carbocycles. The summed E-state index contributed by atoms with van der Waals surface area (Å²) >= 11 is 13.2. The smallest absolute Gasteiger partial charge is 0.142 e. The molecule has 0 heterocycles. The molecular formula is C21H16Br2ClNO. The summed E-state index contributed by atoms with van der Waals surface area (Å²) in [5.41, 5.74) is 3.95. The third-order valence-corrected chi connectivity index (χ3v) is 5.05. The molecule has 0 spiro atoms. The molecular weight excluding hydrogens is 477 g/mol. The highest BCUT2D eigenvalue weighted by molar-refractivity contribution is 9.11. The van der Waals surface area contributed by atoms with E-state index < -0.39 is 0 Å². The molecule has 0 bridgehead atoms. The maximum Gasteiger partial charge on any atom is 0.142 e. The minimum absolute atomic E-state index is 0.423. The van der Waals surface area contributed by atoms with E-state index in [0.29, 0.717) is 11.6 Å². The predicted molar refractivity (Wildman–Crippen MR) is 116 cm³/mol. The second kappa shape index (κ2) is 8.85. The van der Waals surface area contributed by atoms with Gasteiger partial charge in [0.05, 0.1) is 10.2 Å². The summed E-state index contributed by atoms with van der Waals surface area (Å²) in [6, 6.07) is 19.6. The van der Waals surface area contributed by atoms with Crippen molar-refractivity contribution in [1.82, 2.24) is 0 Å². The fourth-order valence-corrected chi connectivity index (χ4v) is 4.04. The van der Waals surface area contributed by atoms with E-state index in [-0.39, 0.29) is 0 Å². The molecule has 0 atom stereocenters. The maximum absolute atomic E-state index is 6.07. The minimum Gasteiger partial charge on any atom is -0.487 e. The third-order valence-electron chi connectivity index (χ3n) is 3.77. The predicted octanol–water partition coefficient (Wildman–Crippen LogP) is 7.50. The molecule has 0 radical (unpaired) electrons. The summed E-state index contributed by atoms with van der Waals surface area (Å²) in [4.78, 5) is 4.62. The summed E-state index contributed by atoms with van der Waals surface area (Å²) in [7, 11) is 0. The number of benzene rings is 3. The van der Waals surface area contributed by atoms with Gasteiger partial charge in [0, 0.05) is 21.3 Å². The van der Waals surface area contributed by atoms with E-state index in [4.69, 9.17) is 16.3 Å². The Morgan fingerprint density at radius 3 is 2.62 bits per heavy atom. The van der Waals surface area contributed by atoms with Gasteiger partial charge in [-0.2, -0.15) is 0 Å². The molecule has 0 N–H and O–H groups in total. The second-order valence-electron chi connectivity index (χ2n) is 5.77. The normalized spacial score (nSPS) is 11.1. The highest BCUT2D eigenvalue weighted by Gasteiger charge is 2.10. The number of aryl methyl sites for hydroxylation is 1. The van der Waals surface area contributed by atoms with Crippen molar-refractivity contribution in [3.63, 3.8) is 0 Å². The molecule has 0 aromatic heterocycles. The summed E-state index contributed by atoms with van der Waals surface area (Å²) in [6.45, 7) is 2.46. The van der Waals surface area contributed by atoms with E-state index in [1.165, 1.54) is 0 Å². The summed E-state index contributed by atoms with van der Waals surface area (Å²) in [6.07, 6.45) is 1.82. The van der Waals surface area contributed by atoms with Gasteiger partial charge in [-0.25, -0.2) is 0 Å². The number of halogens is 3. The summed E-state index contributed by atoms with van der Waals surface area (Å²) in [5, 5.41) is 0.697. The Morgan fingerprint density at radius 2 is 1.85 bits per heavy atom. The third kappa shape index (κ3) is 4.97. The van der Waals surface area contributed by atoms with Crippen molar-refractivity contribution in [2.75, 3.05) is 0 Å². The standard InChI is InChI=1S/C21H16Br2ClNO/c1-14-5-2-3-8-20(14)25-12-16-10-17(22)11-19(23)21(16)26-13-15-6-4-7-18(24)9-15/h2-12H,13H2,1H3. The number of aliphatic imine (C=N–C) groups is 1. The molecule has 5 heteroatoms. The Morgan fingerprint density at radius 1 is 1.04 bits per heavy atom. The molecule has 3 aromatic carbocycles. The largest absolute Gasteiger partial charge is 0.487 e. The van der Waals surface area contributed by atoms with Crippen LogP contribution in [0, 0.1) is 6.92 Å². The van der Waals surface area contributed by atoms with Gasteiger partial charge in [0.25, 0.3) is 0 Å². The molecule has 3 aromatic rings. The monoisotopic (exact) mass is 491 g/mol. The first-order valence-corrected chi connectivity index (χ1v) is 9.95. The Balaban J connectivity index is 1.88. The van der Waals surface area contributed by atoms with Crippen LogP contribution in [0.1, 0.15) is 16.7 Å². The van der Waals surface area contributed by atoms with Gasteiger partial charge in [-0.3, -0.25) is 4.99 Å². The molecule has 0 aliphatic rings. The SMILES string of the molecule is Cc1ccccc1N=Cc1cc(Br)cc(Br)c1OCc1cccc(Cl)c1. The van der Waals surface area contributed by atoms with Crippen LogP contribution in [0.25, 0.3) is 0 Å². The van der Waals surface area contributed by atoms with Gasteiger partial charge < -0.3 is 4.74 Å². The molecule has 0 amide bonds. The van der Waals surface area contributed by atoms with Gasteiger partial charge in [0.2, 0.25) is 0 Å². The van der Waals surface area contributed by atoms with E-state index in [0.717, 1.165) is 37.1 Å². The topological polar surface area (TPSA) is 21.6 Å². The summed E-state index contributed by atoms with van der Waals surface area (Å²) < 4.78 is 7.88. The molecule has 0 saturated carbocycles. The lowest BCUT2D eigenvalue weighted by atomic mass is 10.2. The van der Waals surface area contributed by atoms with Gasteiger partial charge in [0.1, 0.15) is 12.4 Å². The molecule has 2 nitrogen and oxygen atoms in total. The zero-order valence-electron chi connectivity index (χ0n) is 14.0. The van der Waals surface area contributed by atoms with E-state index >= 15 is 0 Å². The first kappa shape index (κ1) is 19.2. The molecule has 0 unspecified atom stereocenters. The Hall–Kier alpha value is -1.62. The van der Waals surface area contributed by atoms with E-state index in [2.05, 4.69) is 36.9 Å². The number of rotatable bonds is 5. The Bertz CT molecular complexity index is 956. The van der Waals surface area contributed by atoms with Crippen LogP contribution in [0.3, 0.4) is 0 Å². The summed E-state index contributed by atoms with van der Waals surface area (Å²) in [5.74, 6) is 0.741.